The summed E-state index contributed by atoms with van der Waals surface area (Å²) in [4.78, 5) is 25.0. The topological polar surface area (TPSA) is 51.1 Å². The second kappa shape index (κ2) is 7.86. The molecule has 1 aromatic heterocycles. The van der Waals surface area contributed by atoms with Gasteiger partial charge in [-0.1, -0.05) is 36.5 Å². The van der Waals surface area contributed by atoms with E-state index in [1.54, 1.807) is 25.1 Å². The van der Waals surface area contributed by atoms with Crippen LogP contribution in [0.25, 0.3) is 0 Å². The molecule has 0 bridgehead atoms. The number of hydrogen-bond acceptors (Lipinski definition) is 2. The van der Waals surface area contributed by atoms with Crippen molar-refractivity contribution in [1.29, 1.82) is 0 Å². The number of rotatable bonds is 5. The molecule has 0 atom stereocenters. The van der Waals surface area contributed by atoms with Gasteiger partial charge in [0, 0.05) is 29.0 Å². The van der Waals surface area contributed by atoms with Gasteiger partial charge >= 0.3 is 0 Å². The molecule has 1 aromatic carbocycles. The summed E-state index contributed by atoms with van der Waals surface area (Å²) in [6.45, 7) is 6.53. The summed E-state index contributed by atoms with van der Waals surface area (Å²) >= 11 is 12.0. The fraction of sp³-hybridized carbons (Fsp3) is 0.333. The first-order valence-electron chi connectivity index (χ1n) is 7.82. The molecule has 0 saturated carbocycles. The minimum Gasteiger partial charge on any atom is -0.348 e. The highest BCUT2D eigenvalue weighted by Crippen LogP contribution is 2.26. The summed E-state index contributed by atoms with van der Waals surface area (Å²) in [6.07, 6.45) is 2.01. The zero-order valence-electron chi connectivity index (χ0n) is 14.0. The van der Waals surface area contributed by atoms with Crippen LogP contribution in [-0.4, -0.2) is 10.5 Å². The lowest BCUT2D eigenvalue weighted by Gasteiger charge is -2.17. The lowest BCUT2D eigenvalue weighted by molar-refractivity contribution is 0.102. The predicted molar refractivity (Wildman–Crippen MR) is 99.5 cm³/mol. The largest absolute Gasteiger partial charge is 0.348 e. The molecule has 24 heavy (non-hydrogen) atoms. The lowest BCUT2D eigenvalue weighted by Crippen LogP contribution is -2.27. The van der Waals surface area contributed by atoms with Gasteiger partial charge in [-0.2, -0.15) is 0 Å². The third-order valence-corrected chi connectivity index (χ3v) is 4.48. The number of halogens is 2. The molecular formula is C18H20Cl2N2O2. The number of carbonyl (C=O) groups is 1. The number of nitrogens with zero attached hydrogens (tertiary/aromatic N) is 1. The Bertz CT molecular complexity index is 828. The first-order chi connectivity index (χ1) is 11.3. The number of pyridine rings is 1. The number of carbonyl (C=O) groups excluding carboxylic acids is 1. The number of benzene rings is 1. The van der Waals surface area contributed by atoms with Crippen LogP contribution in [0, 0.1) is 13.8 Å². The van der Waals surface area contributed by atoms with E-state index in [1.165, 1.54) is 6.07 Å². The molecule has 2 aromatic rings. The molecule has 4 nitrogen and oxygen atoms in total. The van der Waals surface area contributed by atoms with Crippen LogP contribution in [0.2, 0.25) is 10.0 Å². The van der Waals surface area contributed by atoms with Crippen LogP contribution in [0.5, 0.6) is 0 Å². The van der Waals surface area contributed by atoms with E-state index in [1.807, 2.05) is 11.5 Å². The fourth-order valence-electron chi connectivity index (χ4n) is 2.63. The van der Waals surface area contributed by atoms with Crippen molar-refractivity contribution in [3.8, 4) is 0 Å². The van der Waals surface area contributed by atoms with Crippen molar-refractivity contribution in [2.45, 2.75) is 40.2 Å². The molecule has 0 radical (unpaired) electrons. The van der Waals surface area contributed by atoms with Crippen LogP contribution in [0.15, 0.2) is 29.1 Å². The van der Waals surface area contributed by atoms with Crippen molar-refractivity contribution < 1.29 is 4.79 Å². The Kier molecular flexibility index (Phi) is 6.08. The van der Waals surface area contributed by atoms with Crippen LogP contribution in [0.4, 0.5) is 5.69 Å². The van der Waals surface area contributed by atoms with Crippen LogP contribution in [0.3, 0.4) is 0 Å². The van der Waals surface area contributed by atoms with Gasteiger partial charge in [-0.3, -0.25) is 9.59 Å². The Morgan fingerprint density at radius 2 is 1.92 bits per heavy atom. The number of nitrogens with one attached hydrogen (secondary N) is 1. The third kappa shape index (κ3) is 4.00. The Labute approximate surface area is 151 Å². The molecule has 0 aliphatic carbocycles. The molecule has 1 amide bonds. The molecular weight excluding hydrogens is 347 g/mol. The molecule has 0 aliphatic rings. The highest BCUT2D eigenvalue weighted by molar-refractivity contribution is 6.35. The normalized spacial score (nSPS) is 10.7. The van der Waals surface area contributed by atoms with E-state index in [4.69, 9.17) is 23.2 Å². The smallest absolute Gasteiger partial charge is 0.261 e. The Morgan fingerprint density at radius 1 is 1.21 bits per heavy atom. The number of anilines is 1. The molecule has 1 heterocycles. The van der Waals surface area contributed by atoms with Crippen LogP contribution in [-0.2, 0) is 6.54 Å². The average Bonchev–Trinajstić information content (AvgIpc) is 2.50. The molecule has 1 N–H and O–H groups in total. The summed E-state index contributed by atoms with van der Waals surface area (Å²) in [7, 11) is 0. The van der Waals surface area contributed by atoms with Crippen molar-refractivity contribution in [1.82, 2.24) is 4.57 Å². The molecule has 0 unspecified atom stereocenters. The van der Waals surface area contributed by atoms with E-state index in [0.717, 1.165) is 25.1 Å². The highest BCUT2D eigenvalue weighted by atomic mass is 35.5. The van der Waals surface area contributed by atoms with Gasteiger partial charge in [0.05, 0.1) is 10.7 Å². The SMILES string of the molecule is CCCCn1c(C)cc(=O)c(C(=O)Nc2cc(Cl)ccc2Cl)c1C. The van der Waals surface area contributed by atoms with Gasteiger partial charge in [0.25, 0.3) is 5.91 Å². The number of amides is 1. The molecule has 2 rings (SSSR count). The van der Waals surface area contributed by atoms with E-state index in [0.29, 0.717) is 21.4 Å². The van der Waals surface area contributed by atoms with E-state index < -0.39 is 5.91 Å². The molecule has 0 saturated heterocycles. The maximum atomic E-state index is 12.6. The van der Waals surface area contributed by atoms with Gasteiger partial charge < -0.3 is 9.88 Å². The maximum Gasteiger partial charge on any atom is 0.261 e. The minimum absolute atomic E-state index is 0.132. The highest BCUT2D eigenvalue weighted by Gasteiger charge is 2.18. The second-order valence-corrected chi connectivity index (χ2v) is 6.54. The zero-order valence-corrected chi connectivity index (χ0v) is 15.5. The van der Waals surface area contributed by atoms with Gasteiger partial charge in [-0.05, 0) is 38.5 Å². The van der Waals surface area contributed by atoms with Gasteiger partial charge in [-0.15, -0.1) is 0 Å². The van der Waals surface area contributed by atoms with Gasteiger partial charge in [0.1, 0.15) is 5.56 Å². The minimum atomic E-state index is -0.480. The molecule has 0 fully saturated rings. The first-order valence-corrected chi connectivity index (χ1v) is 8.58. The molecule has 128 valence electrons. The molecule has 0 spiro atoms. The second-order valence-electron chi connectivity index (χ2n) is 5.69. The Balaban J connectivity index is 2.42. The third-order valence-electron chi connectivity index (χ3n) is 3.92. The number of unbranched alkanes of at least 4 members (excludes halogenated alkanes) is 1. The summed E-state index contributed by atoms with van der Waals surface area (Å²) in [5.74, 6) is -0.480. The van der Waals surface area contributed by atoms with Crippen LogP contribution >= 0.6 is 23.2 Å². The average molecular weight is 367 g/mol. The molecule has 6 heteroatoms. The van der Waals surface area contributed by atoms with E-state index in [2.05, 4.69) is 12.2 Å². The summed E-state index contributed by atoms with van der Waals surface area (Å²) in [6, 6.07) is 6.29. The van der Waals surface area contributed by atoms with Crippen LogP contribution < -0.4 is 10.7 Å². The number of aromatic nitrogens is 1. The first kappa shape index (κ1) is 18.6. The van der Waals surface area contributed by atoms with Gasteiger partial charge in [0.2, 0.25) is 0 Å². The van der Waals surface area contributed by atoms with E-state index in [-0.39, 0.29) is 11.0 Å². The number of hydrogen-bond donors (Lipinski definition) is 1. The quantitative estimate of drug-likeness (QED) is 0.823. The fourth-order valence-corrected chi connectivity index (χ4v) is 2.97. The monoisotopic (exact) mass is 366 g/mol. The predicted octanol–water partition coefficient (Wildman–Crippen LogP) is 4.82. The zero-order chi connectivity index (χ0) is 17.9. The van der Waals surface area contributed by atoms with Crippen molar-refractivity contribution in [3.63, 3.8) is 0 Å². The summed E-state index contributed by atoms with van der Waals surface area (Å²) in [5, 5.41) is 3.50. The standard InChI is InChI=1S/C18H20Cl2N2O2/c1-4-5-8-22-11(2)9-16(23)17(12(22)3)18(24)21-15-10-13(19)6-7-14(15)20/h6-7,9-10H,4-5,8H2,1-3H3,(H,21,24). The van der Waals surface area contributed by atoms with Crippen molar-refractivity contribution >= 4 is 34.8 Å². The number of aryl methyl sites for hydroxylation is 1. The lowest BCUT2D eigenvalue weighted by atomic mass is 10.1. The summed E-state index contributed by atoms with van der Waals surface area (Å²) < 4.78 is 2.00. The molecule has 0 aliphatic heterocycles. The van der Waals surface area contributed by atoms with E-state index in [9.17, 15) is 9.59 Å². The van der Waals surface area contributed by atoms with Gasteiger partial charge in [-0.25, -0.2) is 0 Å². The van der Waals surface area contributed by atoms with Gasteiger partial charge in [0.15, 0.2) is 5.43 Å². The maximum absolute atomic E-state index is 12.6. The van der Waals surface area contributed by atoms with Crippen molar-refractivity contribution in [2.24, 2.45) is 0 Å². The Hall–Kier alpha value is -1.78. The Morgan fingerprint density at radius 3 is 2.58 bits per heavy atom. The summed E-state index contributed by atoms with van der Waals surface area (Å²) in [5.41, 5.74) is 1.72. The van der Waals surface area contributed by atoms with E-state index >= 15 is 0 Å². The van der Waals surface area contributed by atoms with Crippen molar-refractivity contribution in [3.05, 3.63) is 61.5 Å². The van der Waals surface area contributed by atoms with Crippen molar-refractivity contribution in [2.75, 3.05) is 5.32 Å². The van der Waals surface area contributed by atoms with Crippen LogP contribution in [0.1, 0.15) is 41.5 Å².